The number of aliphatic hydroxyl groups is 1. The van der Waals surface area contributed by atoms with Crippen LogP contribution in [0.2, 0.25) is 0 Å². The van der Waals surface area contributed by atoms with E-state index in [1.807, 2.05) is 25.1 Å². The third-order valence-corrected chi connectivity index (χ3v) is 6.80. The molecule has 0 bridgehead atoms. The molecule has 29 heavy (non-hydrogen) atoms. The summed E-state index contributed by atoms with van der Waals surface area (Å²) in [4.78, 5) is 25.7. The number of rotatable bonds is 4. The molecule has 1 fully saturated rings. The molecular formula is C17H18IN2O8P. The van der Waals surface area contributed by atoms with Gasteiger partial charge in [0.1, 0.15) is 18.1 Å². The zero-order valence-electron chi connectivity index (χ0n) is 15.2. The minimum Gasteiger partial charge on any atom is -0.403 e. The summed E-state index contributed by atoms with van der Waals surface area (Å²) in [5.41, 5.74) is 0.432. The van der Waals surface area contributed by atoms with Gasteiger partial charge in [-0.25, -0.2) is 9.36 Å². The predicted octanol–water partition coefficient (Wildman–Crippen LogP) is 1.83. The number of hydrogen-bond donors (Lipinski definition) is 2. The van der Waals surface area contributed by atoms with Crippen LogP contribution >= 0.6 is 30.4 Å². The van der Waals surface area contributed by atoms with E-state index in [0.29, 0.717) is 9.32 Å². The largest absolute Gasteiger partial charge is 0.530 e. The van der Waals surface area contributed by atoms with Crippen molar-refractivity contribution >= 4 is 30.4 Å². The number of benzene rings is 1. The predicted molar refractivity (Wildman–Crippen MR) is 109 cm³/mol. The van der Waals surface area contributed by atoms with Crippen molar-refractivity contribution in [2.75, 3.05) is 6.61 Å². The SMILES string of the molecule is Cc1cccc2c1OP(=O)(OCC1OC(n3cc([125I])c(=O)[nH]c3=O)CC1O)OC2. The molecule has 2 aliphatic rings. The molecule has 4 rings (SSSR count). The van der Waals surface area contributed by atoms with Crippen molar-refractivity contribution in [3.63, 3.8) is 0 Å². The molecule has 2 aliphatic heterocycles. The Kier molecular flexibility index (Phi) is 5.70. The molecular weight excluding hydrogens is 516 g/mol. The second kappa shape index (κ2) is 7.97. The summed E-state index contributed by atoms with van der Waals surface area (Å²) < 4.78 is 36.1. The molecule has 0 radical (unpaired) electrons. The Morgan fingerprint density at radius 2 is 2.21 bits per heavy atom. The van der Waals surface area contributed by atoms with Crippen LogP contribution in [-0.4, -0.2) is 33.5 Å². The number of aliphatic hydroxyl groups excluding tert-OH is 1. The van der Waals surface area contributed by atoms with Crippen LogP contribution in [-0.2, 0) is 25.0 Å². The number of ether oxygens (including phenoxy) is 1. The van der Waals surface area contributed by atoms with Crippen LogP contribution in [0.1, 0.15) is 23.8 Å². The van der Waals surface area contributed by atoms with E-state index in [2.05, 4.69) is 4.98 Å². The Bertz CT molecular complexity index is 1100. The van der Waals surface area contributed by atoms with E-state index >= 15 is 0 Å². The fraction of sp³-hybridized carbons (Fsp3) is 0.412. The molecule has 0 saturated carbocycles. The summed E-state index contributed by atoms with van der Waals surface area (Å²) in [6.07, 6.45) is -1.16. The van der Waals surface area contributed by atoms with Crippen molar-refractivity contribution in [1.29, 1.82) is 0 Å². The van der Waals surface area contributed by atoms with Crippen LogP contribution in [0.5, 0.6) is 5.75 Å². The van der Waals surface area contributed by atoms with Gasteiger partial charge in [0.05, 0.1) is 22.9 Å². The maximum Gasteiger partial charge on any atom is 0.530 e. The molecule has 2 N–H and O–H groups in total. The van der Waals surface area contributed by atoms with Crippen molar-refractivity contribution in [3.05, 3.63) is 59.9 Å². The van der Waals surface area contributed by atoms with Crippen LogP contribution in [0, 0.1) is 10.5 Å². The zero-order chi connectivity index (χ0) is 20.8. The van der Waals surface area contributed by atoms with Crippen molar-refractivity contribution in [2.45, 2.75) is 38.4 Å². The summed E-state index contributed by atoms with van der Waals surface area (Å²) in [5.74, 6) is 0.460. The molecule has 1 aromatic heterocycles. The Balaban J connectivity index is 1.44. The van der Waals surface area contributed by atoms with Gasteiger partial charge in [0.2, 0.25) is 0 Å². The summed E-state index contributed by atoms with van der Waals surface area (Å²) in [6, 6.07) is 5.48. The first-order valence-corrected chi connectivity index (χ1v) is 11.3. The Labute approximate surface area is 178 Å². The summed E-state index contributed by atoms with van der Waals surface area (Å²) >= 11 is 1.80. The fourth-order valence-electron chi connectivity index (χ4n) is 3.18. The smallest absolute Gasteiger partial charge is 0.403 e. The lowest BCUT2D eigenvalue weighted by Gasteiger charge is -2.27. The van der Waals surface area contributed by atoms with Crippen molar-refractivity contribution in [2.24, 2.45) is 0 Å². The number of aromatic amines is 1. The number of para-hydroxylation sites is 1. The highest BCUT2D eigenvalue weighted by Crippen LogP contribution is 2.55. The molecule has 0 aliphatic carbocycles. The average molecular weight is 534 g/mol. The second-order valence-corrected chi connectivity index (χ2v) is 9.50. The van der Waals surface area contributed by atoms with E-state index in [4.69, 9.17) is 18.3 Å². The molecule has 0 amide bonds. The van der Waals surface area contributed by atoms with Gasteiger partial charge in [-0.1, -0.05) is 18.2 Å². The number of H-pyrrole nitrogens is 1. The Morgan fingerprint density at radius 1 is 1.41 bits per heavy atom. The van der Waals surface area contributed by atoms with Gasteiger partial charge in [-0.05, 0) is 35.1 Å². The number of halogens is 1. The van der Waals surface area contributed by atoms with Crippen LogP contribution in [0.4, 0.5) is 0 Å². The molecule has 0 spiro atoms. The second-order valence-electron chi connectivity index (χ2n) is 6.75. The maximum atomic E-state index is 12.8. The lowest BCUT2D eigenvalue weighted by molar-refractivity contribution is -0.0469. The zero-order valence-corrected chi connectivity index (χ0v) is 18.3. The van der Waals surface area contributed by atoms with Gasteiger partial charge >= 0.3 is 13.5 Å². The number of aryl methyl sites for hydroxylation is 1. The first kappa shape index (κ1) is 20.8. The van der Waals surface area contributed by atoms with Crippen molar-refractivity contribution < 1.29 is 28.0 Å². The van der Waals surface area contributed by atoms with E-state index in [-0.39, 0.29) is 19.6 Å². The quantitative estimate of drug-likeness (QED) is 0.450. The van der Waals surface area contributed by atoms with E-state index in [1.54, 1.807) is 22.6 Å². The van der Waals surface area contributed by atoms with Crippen molar-refractivity contribution in [3.8, 4) is 5.75 Å². The van der Waals surface area contributed by atoms with Crippen LogP contribution < -0.4 is 15.8 Å². The highest BCUT2D eigenvalue weighted by atomic mass is 125. The van der Waals surface area contributed by atoms with E-state index in [1.165, 1.54) is 10.8 Å². The monoisotopic (exact) mass is 534 g/mol. The Morgan fingerprint density at radius 3 is 3.00 bits per heavy atom. The van der Waals surface area contributed by atoms with Crippen LogP contribution in [0.25, 0.3) is 0 Å². The number of fused-ring (bicyclic) bond motifs is 1. The highest BCUT2D eigenvalue weighted by Gasteiger charge is 2.40. The number of nitrogens with one attached hydrogen (secondary N) is 1. The van der Waals surface area contributed by atoms with Crippen molar-refractivity contribution in [1.82, 2.24) is 9.55 Å². The molecule has 10 nitrogen and oxygen atoms in total. The maximum absolute atomic E-state index is 12.8. The van der Waals surface area contributed by atoms with Crippen LogP contribution in [0.3, 0.4) is 0 Å². The third kappa shape index (κ3) is 4.21. The molecule has 2 aromatic rings. The topological polar surface area (TPSA) is 129 Å². The molecule has 12 heteroatoms. The van der Waals surface area contributed by atoms with E-state index in [0.717, 1.165) is 11.1 Å². The molecule has 1 aromatic carbocycles. The normalized spacial score (nSPS) is 28.7. The minimum absolute atomic E-state index is 0.0796. The fourth-order valence-corrected chi connectivity index (χ4v) is 4.91. The average Bonchev–Trinajstić information content (AvgIpc) is 3.04. The van der Waals surface area contributed by atoms with Gasteiger partial charge in [-0.15, -0.1) is 0 Å². The summed E-state index contributed by atoms with van der Waals surface area (Å²) in [6.45, 7) is 1.65. The molecule has 156 valence electrons. The van der Waals surface area contributed by atoms with E-state index < -0.39 is 37.5 Å². The molecule has 4 unspecified atom stereocenters. The summed E-state index contributed by atoms with van der Waals surface area (Å²) in [7, 11) is -3.88. The van der Waals surface area contributed by atoms with Gasteiger partial charge in [0.25, 0.3) is 5.56 Å². The molecule has 4 atom stereocenters. The number of aromatic nitrogens is 2. The van der Waals surface area contributed by atoms with Gasteiger partial charge in [0, 0.05) is 18.2 Å². The third-order valence-electron chi connectivity index (χ3n) is 4.71. The first-order chi connectivity index (χ1) is 13.8. The Hall–Kier alpha value is -1.50. The van der Waals surface area contributed by atoms with Gasteiger partial charge in [-0.3, -0.25) is 23.4 Å². The number of nitrogens with zero attached hydrogens (tertiary/aromatic N) is 1. The molecule has 1 saturated heterocycles. The standard InChI is InChI=1S/C17H18IN2O8P/c1-9-3-2-4-10-7-25-29(24,28-15(9)10)26-8-13-12(21)5-14(27-13)20-6-11(18)16(22)19-17(20)23/h2-4,6,12-14,21H,5,7-8H2,1H3,(H,19,22,23)/i18-2. The minimum atomic E-state index is -3.88. The lowest BCUT2D eigenvalue weighted by atomic mass is 10.1. The molecule has 3 heterocycles. The van der Waals surface area contributed by atoms with Gasteiger partial charge in [-0.2, -0.15) is 0 Å². The first-order valence-electron chi connectivity index (χ1n) is 8.77. The van der Waals surface area contributed by atoms with Gasteiger partial charge in [0.15, 0.2) is 0 Å². The van der Waals surface area contributed by atoms with Gasteiger partial charge < -0.3 is 14.4 Å². The lowest BCUT2D eigenvalue weighted by Crippen LogP contribution is -2.33. The number of phosphoric acid groups is 1. The highest BCUT2D eigenvalue weighted by molar-refractivity contribution is 14.1. The summed E-state index contributed by atoms with van der Waals surface area (Å²) in [5, 5.41) is 10.3. The number of phosphoric ester groups is 1. The van der Waals surface area contributed by atoms with Crippen LogP contribution in [0.15, 0.2) is 34.0 Å². The number of hydrogen-bond acceptors (Lipinski definition) is 8. The van der Waals surface area contributed by atoms with E-state index in [9.17, 15) is 19.3 Å².